The lowest BCUT2D eigenvalue weighted by Gasteiger charge is -2.12. The van der Waals surface area contributed by atoms with Crippen molar-refractivity contribution in [3.63, 3.8) is 0 Å². The van der Waals surface area contributed by atoms with E-state index in [4.69, 9.17) is 16.3 Å². The van der Waals surface area contributed by atoms with Gasteiger partial charge in [0.15, 0.2) is 0 Å². The second kappa shape index (κ2) is 5.90. The predicted molar refractivity (Wildman–Crippen MR) is 83.5 cm³/mol. The zero-order valence-electron chi connectivity index (χ0n) is 13.0. The van der Waals surface area contributed by atoms with Crippen LogP contribution in [0.3, 0.4) is 0 Å². The molecule has 0 radical (unpaired) electrons. The van der Waals surface area contributed by atoms with Gasteiger partial charge in [-0.2, -0.15) is 5.10 Å². The van der Waals surface area contributed by atoms with Gasteiger partial charge in [0.25, 0.3) is 0 Å². The van der Waals surface area contributed by atoms with Crippen LogP contribution in [0.2, 0.25) is 5.02 Å². The number of halogens is 1. The van der Waals surface area contributed by atoms with Gasteiger partial charge < -0.3 is 4.74 Å². The van der Waals surface area contributed by atoms with E-state index in [-0.39, 0.29) is 5.78 Å². The summed E-state index contributed by atoms with van der Waals surface area (Å²) in [7, 11) is 1.75. The first-order valence-corrected chi connectivity index (χ1v) is 7.22. The van der Waals surface area contributed by atoms with Gasteiger partial charge in [0.05, 0.1) is 17.8 Å². The molecule has 112 valence electrons. The van der Waals surface area contributed by atoms with Crippen LogP contribution in [-0.4, -0.2) is 22.2 Å². The van der Waals surface area contributed by atoms with Crippen LogP contribution in [0, 0.1) is 20.8 Å². The molecule has 0 atom stereocenters. The number of ketones is 1. The molecule has 0 bridgehead atoms. The lowest BCUT2D eigenvalue weighted by atomic mass is 9.96. The fourth-order valence-electron chi connectivity index (χ4n) is 2.25. The molecule has 21 heavy (non-hydrogen) atoms. The zero-order chi connectivity index (χ0) is 15.7. The van der Waals surface area contributed by atoms with Crippen LogP contribution in [0.15, 0.2) is 12.3 Å². The van der Waals surface area contributed by atoms with Crippen LogP contribution >= 0.6 is 11.6 Å². The predicted octanol–water partition coefficient (Wildman–Crippen LogP) is 3.63. The second-order valence-electron chi connectivity index (χ2n) is 5.05. The molecule has 0 saturated carbocycles. The summed E-state index contributed by atoms with van der Waals surface area (Å²) in [5, 5.41) is 4.60. The maximum Gasteiger partial charge on any atom is 0.223 e. The standard InChI is InChI=1S/C16H19ClN2O2/c1-6-21-16-13(8-18-19(16)5)15(20)12-7-9(2)10(3)11(4)14(12)17/h7-8H,6H2,1-5H3. The molecule has 0 spiro atoms. The maximum absolute atomic E-state index is 12.8. The Hall–Kier alpha value is -1.81. The number of hydrogen-bond donors (Lipinski definition) is 0. The number of aryl methyl sites for hydroxylation is 2. The van der Waals surface area contributed by atoms with Gasteiger partial charge in [0, 0.05) is 12.6 Å². The van der Waals surface area contributed by atoms with Crippen molar-refractivity contribution in [2.75, 3.05) is 6.61 Å². The van der Waals surface area contributed by atoms with Crippen molar-refractivity contribution in [3.05, 3.63) is 45.1 Å². The molecule has 0 aliphatic rings. The van der Waals surface area contributed by atoms with E-state index in [9.17, 15) is 4.79 Å². The summed E-state index contributed by atoms with van der Waals surface area (Å²) in [5.41, 5.74) is 4.01. The lowest BCUT2D eigenvalue weighted by molar-refractivity contribution is 0.103. The molecule has 0 aliphatic heterocycles. The van der Waals surface area contributed by atoms with E-state index >= 15 is 0 Å². The molecule has 2 aromatic rings. The molecule has 1 heterocycles. The molecule has 0 N–H and O–H groups in total. The average Bonchev–Trinajstić information content (AvgIpc) is 2.82. The van der Waals surface area contributed by atoms with Gasteiger partial charge in [-0.1, -0.05) is 11.6 Å². The van der Waals surface area contributed by atoms with Crippen LogP contribution in [0.25, 0.3) is 0 Å². The lowest BCUT2D eigenvalue weighted by Crippen LogP contribution is -2.08. The van der Waals surface area contributed by atoms with Gasteiger partial charge >= 0.3 is 0 Å². The van der Waals surface area contributed by atoms with Crippen LogP contribution in [0.4, 0.5) is 0 Å². The molecular weight excluding hydrogens is 288 g/mol. The summed E-state index contributed by atoms with van der Waals surface area (Å²) in [4.78, 5) is 12.8. The number of ether oxygens (including phenoxy) is 1. The molecule has 1 aromatic carbocycles. The first-order valence-electron chi connectivity index (χ1n) is 6.84. The third kappa shape index (κ3) is 2.68. The number of rotatable bonds is 4. The summed E-state index contributed by atoms with van der Waals surface area (Å²) >= 11 is 6.36. The van der Waals surface area contributed by atoms with Crippen LogP contribution in [0.1, 0.15) is 39.5 Å². The number of nitrogens with zero attached hydrogens (tertiary/aromatic N) is 2. The third-order valence-corrected chi connectivity index (χ3v) is 4.22. The van der Waals surface area contributed by atoms with Crippen molar-refractivity contribution in [2.24, 2.45) is 7.05 Å². The van der Waals surface area contributed by atoms with Crippen LogP contribution < -0.4 is 4.74 Å². The Kier molecular flexibility index (Phi) is 4.37. The number of aromatic nitrogens is 2. The number of benzene rings is 1. The second-order valence-corrected chi connectivity index (χ2v) is 5.43. The first kappa shape index (κ1) is 15.6. The number of carbonyl (C=O) groups excluding carboxylic acids is 1. The molecule has 5 heteroatoms. The van der Waals surface area contributed by atoms with Crippen molar-refractivity contribution in [1.82, 2.24) is 9.78 Å². The largest absolute Gasteiger partial charge is 0.478 e. The summed E-state index contributed by atoms with van der Waals surface area (Å²) in [6.45, 7) is 8.24. The van der Waals surface area contributed by atoms with Gasteiger partial charge in [-0.05, 0) is 50.5 Å². The molecular formula is C16H19ClN2O2. The minimum absolute atomic E-state index is 0.164. The highest BCUT2D eigenvalue weighted by Gasteiger charge is 2.22. The Morgan fingerprint density at radius 3 is 2.57 bits per heavy atom. The Morgan fingerprint density at radius 2 is 1.95 bits per heavy atom. The van der Waals surface area contributed by atoms with Crippen molar-refractivity contribution >= 4 is 17.4 Å². The topological polar surface area (TPSA) is 44.1 Å². The maximum atomic E-state index is 12.8. The SMILES string of the molecule is CCOc1c(C(=O)c2cc(C)c(C)c(C)c2Cl)cnn1C. The van der Waals surface area contributed by atoms with E-state index in [1.54, 1.807) is 11.7 Å². The molecule has 0 aliphatic carbocycles. The Balaban J connectivity index is 2.56. The summed E-state index contributed by atoms with van der Waals surface area (Å²) in [5.74, 6) is 0.303. The normalized spacial score (nSPS) is 10.8. The van der Waals surface area contributed by atoms with E-state index in [0.717, 1.165) is 16.7 Å². The van der Waals surface area contributed by atoms with E-state index in [0.29, 0.717) is 28.6 Å². The highest BCUT2D eigenvalue weighted by molar-refractivity contribution is 6.36. The minimum atomic E-state index is -0.164. The highest BCUT2D eigenvalue weighted by Crippen LogP contribution is 2.30. The van der Waals surface area contributed by atoms with Gasteiger partial charge in [0.2, 0.25) is 11.7 Å². The fourth-order valence-corrected chi connectivity index (χ4v) is 2.53. The average molecular weight is 307 g/mol. The molecule has 0 unspecified atom stereocenters. The van der Waals surface area contributed by atoms with Crippen molar-refractivity contribution in [1.29, 1.82) is 0 Å². The summed E-state index contributed by atoms with van der Waals surface area (Å²) < 4.78 is 7.07. The van der Waals surface area contributed by atoms with Crippen LogP contribution in [0.5, 0.6) is 5.88 Å². The van der Waals surface area contributed by atoms with E-state index in [2.05, 4.69) is 5.10 Å². The molecule has 4 nitrogen and oxygen atoms in total. The zero-order valence-corrected chi connectivity index (χ0v) is 13.7. The monoisotopic (exact) mass is 306 g/mol. The Bertz CT molecular complexity index is 705. The number of hydrogen-bond acceptors (Lipinski definition) is 3. The molecule has 2 rings (SSSR count). The molecule has 1 aromatic heterocycles. The van der Waals surface area contributed by atoms with E-state index in [1.165, 1.54) is 6.20 Å². The fraction of sp³-hybridized carbons (Fsp3) is 0.375. The molecule has 0 fully saturated rings. The highest BCUT2D eigenvalue weighted by atomic mass is 35.5. The van der Waals surface area contributed by atoms with Gasteiger partial charge in [0.1, 0.15) is 5.56 Å². The molecule has 0 saturated heterocycles. The smallest absolute Gasteiger partial charge is 0.223 e. The minimum Gasteiger partial charge on any atom is -0.478 e. The van der Waals surface area contributed by atoms with Crippen molar-refractivity contribution in [3.8, 4) is 5.88 Å². The Labute approximate surface area is 129 Å². The van der Waals surface area contributed by atoms with Crippen LogP contribution in [-0.2, 0) is 7.05 Å². The first-order chi connectivity index (χ1) is 9.88. The van der Waals surface area contributed by atoms with E-state index < -0.39 is 0 Å². The summed E-state index contributed by atoms with van der Waals surface area (Å²) in [6, 6.07) is 1.83. The third-order valence-electron chi connectivity index (χ3n) is 3.74. The summed E-state index contributed by atoms with van der Waals surface area (Å²) in [6.07, 6.45) is 1.52. The molecule has 0 amide bonds. The van der Waals surface area contributed by atoms with Gasteiger partial charge in [-0.3, -0.25) is 4.79 Å². The number of carbonyl (C=O) groups is 1. The van der Waals surface area contributed by atoms with Gasteiger partial charge in [-0.25, -0.2) is 4.68 Å². The van der Waals surface area contributed by atoms with E-state index in [1.807, 2.05) is 33.8 Å². The van der Waals surface area contributed by atoms with Crippen molar-refractivity contribution < 1.29 is 9.53 Å². The quantitative estimate of drug-likeness (QED) is 0.810. The van der Waals surface area contributed by atoms with Gasteiger partial charge in [-0.15, -0.1) is 0 Å². The van der Waals surface area contributed by atoms with Crippen molar-refractivity contribution in [2.45, 2.75) is 27.7 Å². The Morgan fingerprint density at radius 1 is 1.29 bits per heavy atom.